The number of nitrogens with zero attached hydrogens (tertiary/aromatic N) is 5. The van der Waals surface area contributed by atoms with E-state index >= 15 is 0 Å². The standard InChI is InChI=1S/C24H26N6O3S/c1-12(2)30(11-18-26-17-10-8-7-9-16(17)21(31)27-18)24(33)20-15(5)25-22(34-20)19-13(3)14(4)28-29(6)23(19)32/h7-10,12H,11H2,1-6H3,(H,26,27,31). The first-order chi connectivity index (χ1) is 16.1. The topological polar surface area (TPSA) is 114 Å². The highest BCUT2D eigenvalue weighted by Crippen LogP contribution is 2.30. The molecular weight excluding hydrogens is 452 g/mol. The summed E-state index contributed by atoms with van der Waals surface area (Å²) in [4.78, 5) is 52.8. The molecule has 0 saturated heterocycles. The molecule has 10 heteroatoms. The van der Waals surface area contributed by atoms with Gasteiger partial charge in [0.25, 0.3) is 17.0 Å². The van der Waals surface area contributed by atoms with Crippen molar-refractivity contribution in [1.82, 2.24) is 29.6 Å². The number of hydrogen-bond donors (Lipinski definition) is 1. The lowest BCUT2D eigenvalue weighted by atomic mass is 10.1. The van der Waals surface area contributed by atoms with Crippen molar-refractivity contribution in [2.45, 2.75) is 47.2 Å². The molecule has 0 radical (unpaired) electrons. The van der Waals surface area contributed by atoms with Crippen molar-refractivity contribution in [3.63, 3.8) is 0 Å². The van der Waals surface area contributed by atoms with Crippen LogP contribution < -0.4 is 11.1 Å². The number of benzene rings is 1. The van der Waals surface area contributed by atoms with Gasteiger partial charge in [0, 0.05) is 13.1 Å². The number of rotatable bonds is 5. The van der Waals surface area contributed by atoms with Gasteiger partial charge in [-0.2, -0.15) is 5.10 Å². The third kappa shape index (κ3) is 4.16. The molecule has 1 amide bonds. The summed E-state index contributed by atoms with van der Waals surface area (Å²) >= 11 is 1.19. The van der Waals surface area contributed by atoms with Crippen molar-refractivity contribution >= 4 is 28.1 Å². The molecule has 1 aromatic carbocycles. The summed E-state index contributed by atoms with van der Waals surface area (Å²) < 4.78 is 1.29. The van der Waals surface area contributed by atoms with Crippen LogP contribution in [0.5, 0.6) is 0 Å². The van der Waals surface area contributed by atoms with Crippen LogP contribution in [-0.2, 0) is 13.6 Å². The van der Waals surface area contributed by atoms with Gasteiger partial charge in [0.2, 0.25) is 0 Å². The number of aromatic amines is 1. The fourth-order valence-electron chi connectivity index (χ4n) is 3.79. The van der Waals surface area contributed by atoms with E-state index in [1.165, 1.54) is 16.0 Å². The van der Waals surface area contributed by atoms with Crippen LogP contribution in [0.4, 0.5) is 0 Å². The van der Waals surface area contributed by atoms with Crippen LogP contribution in [0.25, 0.3) is 21.5 Å². The van der Waals surface area contributed by atoms with Crippen LogP contribution in [0.15, 0.2) is 33.9 Å². The first-order valence-corrected chi connectivity index (χ1v) is 11.7. The summed E-state index contributed by atoms with van der Waals surface area (Å²) in [5, 5.41) is 5.21. The van der Waals surface area contributed by atoms with Gasteiger partial charge in [-0.25, -0.2) is 14.6 Å². The van der Waals surface area contributed by atoms with Gasteiger partial charge in [-0.1, -0.05) is 12.1 Å². The summed E-state index contributed by atoms with van der Waals surface area (Å²) in [5.41, 5.74) is 2.56. The second kappa shape index (κ2) is 8.94. The number of hydrogen-bond acceptors (Lipinski definition) is 7. The smallest absolute Gasteiger partial charge is 0.277 e. The lowest BCUT2D eigenvalue weighted by Gasteiger charge is -2.26. The van der Waals surface area contributed by atoms with E-state index in [2.05, 4.69) is 20.1 Å². The highest BCUT2D eigenvalue weighted by Gasteiger charge is 2.26. The van der Waals surface area contributed by atoms with E-state index in [1.807, 2.05) is 33.8 Å². The first kappa shape index (κ1) is 23.5. The Bertz CT molecular complexity index is 1530. The van der Waals surface area contributed by atoms with Crippen molar-refractivity contribution in [3.8, 4) is 10.6 Å². The van der Waals surface area contributed by atoms with Gasteiger partial charge in [0.15, 0.2) is 0 Å². The molecule has 3 heterocycles. The number of carbonyl (C=O) groups excluding carboxylic acids is 1. The molecule has 4 rings (SSSR count). The van der Waals surface area contributed by atoms with Gasteiger partial charge in [-0.15, -0.1) is 11.3 Å². The predicted octanol–water partition coefficient (Wildman–Crippen LogP) is 3.12. The van der Waals surface area contributed by atoms with E-state index < -0.39 is 0 Å². The van der Waals surface area contributed by atoms with Gasteiger partial charge >= 0.3 is 0 Å². The average Bonchev–Trinajstić information content (AvgIpc) is 3.17. The van der Waals surface area contributed by atoms with Gasteiger partial charge < -0.3 is 9.88 Å². The Kier molecular flexibility index (Phi) is 6.18. The molecule has 4 aromatic rings. The number of fused-ring (bicyclic) bond motifs is 1. The Morgan fingerprint density at radius 2 is 1.82 bits per heavy atom. The number of aryl methyl sites for hydroxylation is 3. The highest BCUT2D eigenvalue weighted by atomic mass is 32.1. The number of para-hydroxylation sites is 1. The molecular formula is C24H26N6O3S. The van der Waals surface area contributed by atoms with Crippen LogP contribution in [0, 0.1) is 20.8 Å². The molecule has 0 saturated carbocycles. The summed E-state index contributed by atoms with van der Waals surface area (Å²) in [6.07, 6.45) is 0. The SMILES string of the molecule is Cc1nc(-c2c(C)c(C)nn(C)c2=O)sc1C(=O)N(Cc1nc2ccccc2c(=O)[nH]1)C(C)C. The van der Waals surface area contributed by atoms with E-state index in [0.29, 0.717) is 37.9 Å². The second-order valence-corrected chi connectivity index (χ2v) is 9.50. The lowest BCUT2D eigenvalue weighted by molar-refractivity contribution is 0.0689. The normalized spacial score (nSPS) is 11.4. The number of thiazole rings is 1. The molecule has 0 aliphatic rings. The van der Waals surface area contributed by atoms with E-state index in [-0.39, 0.29) is 29.6 Å². The van der Waals surface area contributed by atoms with E-state index in [1.54, 1.807) is 37.1 Å². The minimum Gasteiger partial charge on any atom is -0.328 e. The van der Waals surface area contributed by atoms with Crippen molar-refractivity contribution in [1.29, 1.82) is 0 Å². The third-order valence-electron chi connectivity index (χ3n) is 5.80. The monoisotopic (exact) mass is 478 g/mol. The molecule has 3 aromatic heterocycles. The van der Waals surface area contributed by atoms with Crippen molar-refractivity contribution in [2.75, 3.05) is 0 Å². The van der Waals surface area contributed by atoms with Gasteiger partial charge in [-0.3, -0.25) is 14.4 Å². The maximum absolute atomic E-state index is 13.6. The fraction of sp³-hybridized carbons (Fsp3) is 0.333. The summed E-state index contributed by atoms with van der Waals surface area (Å²) in [6, 6.07) is 6.93. The van der Waals surface area contributed by atoms with Crippen LogP contribution in [-0.4, -0.2) is 41.6 Å². The first-order valence-electron chi connectivity index (χ1n) is 10.9. The van der Waals surface area contributed by atoms with Crippen LogP contribution in [0.1, 0.15) is 46.3 Å². The number of H-pyrrole nitrogens is 1. The highest BCUT2D eigenvalue weighted by molar-refractivity contribution is 7.17. The van der Waals surface area contributed by atoms with Crippen LogP contribution in [0.2, 0.25) is 0 Å². The quantitative estimate of drug-likeness (QED) is 0.471. The zero-order valence-electron chi connectivity index (χ0n) is 20.0. The second-order valence-electron chi connectivity index (χ2n) is 8.50. The molecule has 0 aliphatic carbocycles. The molecule has 0 fully saturated rings. The Morgan fingerprint density at radius 3 is 2.53 bits per heavy atom. The molecule has 0 aliphatic heterocycles. The zero-order valence-corrected chi connectivity index (χ0v) is 20.8. The summed E-state index contributed by atoms with van der Waals surface area (Å²) in [5.74, 6) is 0.176. The Morgan fingerprint density at radius 1 is 1.12 bits per heavy atom. The van der Waals surface area contributed by atoms with Crippen LogP contribution >= 0.6 is 11.3 Å². The minimum absolute atomic E-state index is 0.137. The Hall–Kier alpha value is -3.66. The van der Waals surface area contributed by atoms with Gasteiger partial charge in [0.05, 0.1) is 34.4 Å². The molecule has 9 nitrogen and oxygen atoms in total. The maximum atomic E-state index is 13.6. The number of nitrogens with one attached hydrogen (secondary N) is 1. The Labute approximate surface area is 200 Å². The minimum atomic E-state index is -0.255. The molecule has 0 atom stereocenters. The van der Waals surface area contributed by atoms with E-state index in [4.69, 9.17) is 0 Å². The van der Waals surface area contributed by atoms with E-state index in [9.17, 15) is 14.4 Å². The zero-order chi connectivity index (χ0) is 24.7. The molecule has 1 N–H and O–H groups in total. The van der Waals surface area contributed by atoms with Crippen molar-refractivity contribution in [2.24, 2.45) is 7.05 Å². The summed E-state index contributed by atoms with van der Waals surface area (Å²) in [6.45, 7) is 9.37. The predicted molar refractivity (Wildman–Crippen MR) is 132 cm³/mol. The number of carbonyl (C=O) groups is 1. The fourth-order valence-corrected chi connectivity index (χ4v) is 4.91. The molecule has 34 heavy (non-hydrogen) atoms. The summed E-state index contributed by atoms with van der Waals surface area (Å²) in [7, 11) is 1.60. The molecule has 0 bridgehead atoms. The molecule has 0 unspecified atom stereocenters. The molecule has 0 spiro atoms. The average molecular weight is 479 g/mol. The Balaban J connectivity index is 1.73. The third-order valence-corrected chi connectivity index (χ3v) is 6.96. The van der Waals surface area contributed by atoms with Gasteiger partial charge in [-0.05, 0) is 52.3 Å². The number of aromatic nitrogens is 5. The largest absolute Gasteiger partial charge is 0.328 e. The maximum Gasteiger partial charge on any atom is 0.277 e. The van der Waals surface area contributed by atoms with E-state index in [0.717, 1.165) is 11.3 Å². The van der Waals surface area contributed by atoms with Crippen molar-refractivity contribution in [3.05, 3.63) is 72.6 Å². The lowest BCUT2D eigenvalue weighted by Crippen LogP contribution is -2.37. The molecule has 176 valence electrons. The number of amides is 1. The van der Waals surface area contributed by atoms with Crippen LogP contribution in [0.3, 0.4) is 0 Å². The van der Waals surface area contributed by atoms with Gasteiger partial charge in [0.1, 0.15) is 15.7 Å². The van der Waals surface area contributed by atoms with Crippen molar-refractivity contribution < 1.29 is 4.79 Å².